The smallest absolute Gasteiger partial charge is 0.306 e. The summed E-state index contributed by atoms with van der Waals surface area (Å²) in [6, 6.07) is -0.911. The zero-order valence-corrected chi connectivity index (χ0v) is 59.5. The number of ether oxygens (including phenoxy) is 1. The molecule has 0 bridgehead atoms. The number of quaternary nitrogens is 1. The summed E-state index contributed by atoms with van der Waals surface area (Å²) in [5.41, 5.74) is 0. The molecule has 0 aliphatic rings. The molecule has 1 N–H and O–H groups in total. The number of hydrogen-bond donors (Lipinski definition) is 1. The molecule has 0 aromatic carbocycles. The number of unbranched alkanes of at least 4 members (excludes halogenated alkanes) is 32. The molecule has 0 aromatic rings. The van der Waals surface area contributed by atoms with E-state index >= 15 is 0 Å². The van der Waals surface area contributed by atoms with Crippen molar-refractivity contribution in [3.05, 3.63) is 122 Å². The van der Waals surface area contributed by atoms with Gasteiger partial charge in [-0.05, 0) is 122 Å². The van der Waals surface area contributed by atoms with Crippen LogP contribution in [0.2, 0.25) is 0 Å². The van der Waals surface area contributed by atoms with Crippen LogP contribution in [0.4, 0.5) is 0 Å². The van der Waals surface area contributed by atoms with Gasteiger partial charge in [0.2, 0.25) is 5.91 Å². The number of rotatable bonds is 66. The van der Waals surface area contributed by atoms with Gasteiger partial charge in [-0.2, -0.15) is 0 Å². The molecule has 0 aliphatic heterocycles. The Kier molecular flexibility index (Phi) is 64.6. The van der Waals surface area contributed by atoms with Crippen LogP contribution in [0.3, 0.4) is 0 Å². The summed E-state index contributed by atoms with van der Waals surface area (Å²) in [7, 11) is 1.16. The fourth-order valence-corrected chi connectivity index (χ4v) is 11.0. The molecule has 10 heteroatoms. The zero-order valence-electron chi connectivity index (χ0n) is 58.6. The molecule has 0 saturated carbocycles. The van der Waals surface area contributed by atoms with Crippen LogP contribution >= 0.6 is 7.82 Å². The van der Waals surface area contributed by atoms with Gasteiger partial charge in [-0.25, -0.2) is 0 Å². The summed E-state index contributed by atoms with van der Waals surface area (Å²) in [4.78, 5) is 40.3. The van der Waals surface area contributed by atoms with Crippen LogP contribution in [-0.4, -0.2) is 69.4 Å². The van der Waals surface area contributed by atoms with Crippen molar-refractivity contribution in [2.75, 3.05) is 40.9 Å². The lowest BCUT2D eigenvalue weighted by atomic mass is 10.0. The lowest BCUT2D eigenvalue weighted by Gasteiger charge is -2.30. The number of carbonyl (C=O) groups is 2. The number of likely N-dealkylation sites (N-methyl/N-ethyl adjacent to an activating group) is 1. The van der Waals surface area contributed by atoms with Crippen molar-refractivity contribution in [1.82, 2.24) is 5.32 Å². The number of allylic oxidation sites excluding steroid dienone is 19. The van der Waals surface area contributed by atoms with Crippen LogP contribution < -0.4 is 10.2 Å². The average Bonchev–Trinajstić information content (AvgIpc) is 3.64. The van der Waals surface area contributed by atoms with Gasteiger partial charge in [0.15, 0.2) is 0 Å². The molecule has 9 nitrogen and oxygen atoms in total. The molecule has 0 saturated heterocycles. The highest BCUT2D eigenvalue weighted by Gasteiger charge is 2.27. The molecule has 0 fully saturated rings. The lowest BCUT2D eigenvalue weighted by Crippen LogP contribution is -2.47. The van der Waals surface area contributed by atoms with Gasteiger partial charge in [-0.3, -0.25) is 14.2 Å². The van der Waals surface area contributed by atoms with E-state index in [1.54, 1.807) is 0 Å². The van der Waals surface area contributed by atoms with Gasteiger partial charge in [0.25, 0.3) is 7.82 Å². The van der Waals surface area contributed by atoms with Crippen molar-refractivity contribution in [1.29, 1.82) is 0 Å². The van der Waals surface area contributed by atoms with Gasteiger partial charge >= 0.3 is 5.97 Å². The van der Waals surface area contributed by atoms with Crippen molar-refractivity contribution < 1.29 is 37.3 Å². The summed E-state index contributed by atoms with van der Waals surface area (Å²) >= 11 is 0. The molecule has 512 valence electrons. The molecule has 0 rings (SSSR count). The van der Waals surface area contributed by atoms with Gasteiger partial charge in [0, 0.05) is 12.8 Å². The SMILES string of the molecule is CC/C=C\C/C=C\C/C=C\C/C=C\C/C=C\C/C=C\CCCCCCC(=O)NC(COP(=O)([O-])OCC[N+](C)(C)C)C(/C=C/CCCCCCCCCCCCC)OC(=O)CCCCCCCCCCCCCCCC/C=C\C/C=C\C/C=C\CCCCC. The number of amides is 1. The molecule has 3 unspecified atom stereocenters. The van der Waals surface area contributed by atoms with Crippen LogP contribution in [-0.2, 0) is 27.9 Å². The third-order valence-corrected chi connectivity index (χ3v) is 16.8. The first-order valence-corrected chi connectivity index (χ1v) is 38.3. The molecule has 3 atom stereocenters. The van der Waals surface area contributed by atoms with E-state index in [1.807, 2.05) is 33.3 Å². The summed E-state index contributed by atoms with van der Waals surface area (Å²) in [6.07, 6.45) is 94.7. The Hall–Kier alpha value is -3.59. The second kappa shape index (κ2) is 67.3. The van der Waals surface area contributed by atoms with Crippen molar-refractivity contribution in [2.24, 2.45) is 0 Å². The number of esters is 1. The van der Waals surface area contributed by atoms with E-state index in [2.05, 4.69) is 135 Å². The van der Waals surface area contributed by atoms with E-state index in [0.717, 1.165) is 116 Å². The number of phosphoric acid groups is 1. The summed E-state index contributed by atoms with van der Waals surface area (Å²) in [5, 5.41) is 3.03. The number of phosphoric ester groups is 1. The molecule has 1 amide bonds. The Bertz CT molecular complexity index is 1940. The highest BCUT2D eigenvalue weighted by Crippen LogP contribution is 2.38. The minimum Gasteiger partial charge on any atom is -0.756 e. The van der Waals surface area contributed by atoms with E-state index in [1.165, 1.54) is 161 Å². The molecule has 0 aliphatic carbocycles. The highest BCUT2D eigenvalue weighted by molar-refractivity contribution is 7.45. The average molecular weight is 1260 g/mol. The molecule has 0 spiro atoms. The van der Waals surface area contributed by atoms with Gasteiger partial charge in [0.1, 0.15) is 19.3 Å². The summed E-state index contributed by atoms with van der Waals surface area (Å²) in [6.45, 7) is 6.70. The molecule has 0 heterocycles. The largest absolute Gasteiger partial charge is 0.756 e. The second-order valence-corrected chi connectivity index (χ2v) is 27.1. The highest BCUT2D eigenvalue weighted by atomic mass is 31.2. The maximum absolute atomic E-state index is 13.6. The van der Waals surface area contributed by atoms with E-state index in [4.69, 9.17) is 13.8 Å². The third kappa shape index (κ3) is 68.6. The van der Waals surface area contributed by atoms with Crippen LogP contribution in [0, 0.1) is 0 Å². The van der Waals surface area contributed by atoms with Gasteiger partial charge in [-0.1, -0.05) is 303 Å². The summed E-state index contributed by atoms with van der Waals surface area (Å²) in [5.74, 6) is -0.569. The quantitative estimate of drug-likeness (QED) is 0.0212. The van der Waals surface area contributed by atoms with Gasteiger partial charge in [-0.15, -0.1) is 0 Å². The Labute approximate surface area is 550 Å². The minimum absolute atomic E-state index is 0.0330. The van der Waals surface area contributed by atoms with Crippen LogP contribution in [0.5, 0.6) is 0 Å². The molecule has 0 radical (unpaired) electrons. The maximum atomic E-state index is 13.6. The molecular weight excluding hydrogens is 1120 g/mol. The predicted molar refractivity (Wildman–Crippen MR) is 385 cm³/mol. The minimum atomic E-state index is -4.72. The van der Waals surface area contributed by atoms with Crippen molar-refractivity contribution >= 4 is 19.7 Å². The lowest BCUT2D eigenvalue weighted by molar-refractivity contribution is -0.870. The number of hydrogen-bond acceptors (Lipinski definition) is 7. The Balaban J connectivity index is 5.11. The van der Waals surface area contributed by atoms with Gasteiger partial charge in [0.05, 0.1) is 33.8 Å². The topological polar surface area (TPSA) is 114 Å². The monoisotopic (exact) mass is 1260 g/mol. The number of nitrogens with zero attached hydrogens (tertiary/aromatic N) is 1. The van der Waals surface area contributed by atoms with Crippen LogP contribution in [0.1, 0.15) is 316 Å². The first-order chi connectivity index (χ1) is 43.4. The van der Waals surface area contributed by atoms with Crippen LogP contribution in [0.25, 0.3) is 0 Å². The Morgan fingerprint density at radius 1 is 0.404 bits per heavy atom. The van der Waals surface area contributed by atoms with Crippen molar-refractivity contribution in [3.63, 3.8) is 0 Å². The first-order valence-electron chi connectivity index (χ1n) is 36.8. The maximum Gasteiger partial charge on any atom is 0.306 e. The van der Waals surface area contributed by atoms with E-state index in [-0.39, 0.29) is 31.3 Å². The fourth-order valence-electron chi connectivity index (χ4n) is 10.2. The Morgan fingerprint density at radius 2 is 0.719 bits per heavy atom. The first kappa shape index (κ1) is 85.4. The fraction of sp³-hybridized carbons (Fsp3) is 0.722. The number of nitrogens with one attached hydrogen (secondary N) is 1. The van der Waals surface area contributed by atoms with E-state index in [0.29, 0.717) is 17.4 Å². The van der Waals surface area contributed by atoms with Crippen molar-refractivity contribution in [2.45, 2.75) is 328 Å². The zero-order chi connectivity index (χ0) is 64.9. The normalized spacial score (nSPS) is 14.2. The van der Waals surface area contributed by atoms with Crippen LogP contribution in [0.15, 0.2) is 122 Å². The summed E-state index contributed by atoms with van der Waals surface area (Å²) < 4.78 is 30.5. The standard InChI is InChI=1S/C79H139N2O7P/c1-7-10-13-16-19-22-25-28-30-32-34-36-38-39-40-41-43-45-47-49-51-54-57-60-63-66-69-72-79(83)88-77(70-67-64-61-58-55-52-27-24-21-18-15-12-9-3)76(75-87-89(84,85)86-74-73-81(4,5)6)80-78(82)71-68-65-62-59-56-53-50-48-46-44-42-37-35-33-31-29-26-23-20-17-14-11-8-2/h11,14,19-20,22-23,28-31,34-37,44,46,50,53,67,70,76-77H,7-10,12-13,15-18,21,24-27,32-33,38-43,45,47-49,51-52,54-66,68-69,71-75H2,1-6H3,(H-,80,82,84,85)/b14-11-,22-19-,23-20-,30-28-,31-29-,36-34-,37-35-,46-44-,53-50-,70-67+. The third-order valence-electron chi connectivity index (χ3n) is 15.9. The Morgan fingerprint density at radius 3 is 1.10 bits per heavy atom. The molecule has 0 aromatic heterocycles. The number of carbonyl (C=O) groups excluding carboxylic acids is 2. The second-order valence-electron chi connectivity index (χ2n) is 25.7. The van der Waals surface area contributed by atoms with Crippen molar-refractivity contribution in [3.8, 4) is 0 Å². The van der Waals surface area contributed by atoms with E-state index in [9.17, 15) is 19.0 Å². The molecule has 89 heavy (non-hydrogen) atoms. The predicted octanol–water partition coefficient (Wildman–Crippen LogP) is 23.2. The van der Waals surface area contributed by atoms with Gasteiger partial charge < -0.3 is 28.5 Å². The van der Waals surface area contributed by atoms with E-state index < -0.39 is 26.6 Å². The molecular formula is C79H139N2O7P.